The predicted octanol–water partition coefficient (Wildman–Crippen LogP) is 3.36. The Morgan fingerprint density at radius 1 is 0.941 bits per heavy atom. The highest BCUT2D eigenvalue weighted by Crippen LogP contribution is 2.18. The van der Waals surface area contributed by atoms with Crippen LogP contribution in [0.15, 0.2) is 54.6 Å². The summed E-state index contributed by atoms with van der Waals surface area (Å²) in [4.78, 5) is 2.24. The lowest BCUT2D eigenvalue weighted by Crippen LogP contribution is -2.16. The topological polar surface area (TPSA) is 15.3 Å². The highest BCUT2D eigenvalue weighted by molar-refractivity contribution is 5.54. The van der Waals surface area contributed by atoms with Gasteiger partial charge in [0.05, 0.1) is 0 Å². The van der Waals surface area contributed by atoms with Gasteiger partial charge in [-0.05, 0) is 29.8 Å². The van der Waals surface area contributed by atoms with Gasteiger partial charge in [-0.2, -0.15) is 0 Å². The Morgan fingerprint density at radius 2 is 1.59 bits per heavy atom. The van der Waals surface area contributed by atoms with Crippen molar-refractivity contribution in [2.24, 2.45) is 0 Å². The first kappa shape index (κ1) is 11.5. The molecule has 0 aliphatic carbocycles. The van der Waals surface area contributed by atoms with E-state index in [2.05, 4.69) is 65.8 Å². The lowest BCUT2D eigenvalue weighted by Gasteiger charge is -2.19. The van der Waals surface area contributed by atoms with Crippen LogP contribution in [0.5, 0.6) is 0 Å². The van der Waals surface area contributed by atoms with Gasteiger partial charge in [-0.15, -0.1) is 0 Å². The van der Waals surface area contributed by atoms with Gasteiger partial charge in [-0.1, -0.05) is 30.3 Å². The van der Waals surface area contributed by atoms with Gasteiger partial charge in [0.25, 0.3) is 0 Å². The first-order valence-electron chi connectivity index (χ1n) is 5.82. The smallest absolute Gasteiger partial charge is 0.0426 e. The second-order valence-electron chi connectivity index (χ2n) is 4.14. The van der Waals surface area contributed by atoms with Crippen molar-refractivity contribution in [2.45, 2.75) is 6.54 Å². The van der Waals surface area contributed by atoms with Crippen molar-refractivity contribution in [3.8, 4) is 0 Å². The lowest BCUT2D eigenvalue weighted by molar-refractivity contribution is 0.923. The summed E-state index contributed by atoms with van der Waals surface area (Å²) in [6.07, 6.45) is 0. The summed E-state index contributed by atoms with van der Waals surface area (Å²) in [6, 6.07) is 19.0. The molecule has 0 atom stereocenters. The van der Waals surface area contributed by atoms with Crippen molar-refractivity contribution in [3.63, 3.8) is 0 Å². The fraction of sp³-hybridized carbons (Fsp3) is 0.200. The summed E-state index contributed by atoms with van der Waals surface area (Å²) in [5.74, 6) is 0. The fourth-order valence-electron chi connectivity index (χ4n) is 1.83. The monoisotopic (exact) mass is 226 g/mol. The van der Waals surface area contributed by atoms with Gasteiger partial charge in [0.15, 0.2) is 0 Å². The molecule has 2 heteroatoms. The summed E-state index contributed by atoms with van der Waals surface area (Å²) < 4.78 is 0. The van der Waals surface area contributed by atoms with E-state index in [0.717, 1.165) is 12.2 Å². The molecule has 2 rings (SSSR count). The van der Waals surface area contributed by atoms with E-state index in [1.54, 1.807) is 0 Å². The molecular formula is C15H18N2. The predicted molar refractivity (Wildman–Crippen MR) is 74.5 cm³/mol. The van der Waals surface area contributed by atoms with Crippen LogP contribution in [0, 0.1) is 0 Å². The normalized spacial score (nSPS) is 10.0. The molecule has 0 saturated carbocycles. The van der Waals surface area contributed by atoms with Crippen LogP contribution in [0.1, 0.15) is 5.56 Å². The number of hydrogen-bond acceptors (Lipinski definition) is 2. The number of nitrogens with zero attached hydrogens (tertiary/aromatic N) is 1. The molecule has 0 aliphatic rings. The first-order chi connectivity index (χ1) is 8.29. The van der Waals surface area contributed by atoms with Gasteiger partial charge < -0.3 is 10.2 Å². The van der Waals surface area contributed by atoms with Crippen LogP contribution in [0.4, 0.5) is 11.4 Å². The van der Waals surface area contributed by atoms with Crippen LogP contribution < -0.4 is 10.2 Å². The number of nitrogens with one attached hydrogen (secondary N) is 1. The van der Waals surface area contributed by atoms with Gasteiger partial charge in [-0.25, -0.2) is 0 Å². The third kappa shape index (κ3) is 3.00. The Bertz CT molecular complexity index is 448. The Hall–Kier alpha value is -1.96. The van der Waals surface area contributed by atoms with Crippen molar-refractivity contribution in [3.05, 3.63) is 60.2 Å². The average Bonchev–Trinajstić information content (AvgIpc) is 2.40. The van der Waals surface area contributed by atoms with Crippen molar-refractivity contribution in [1.29, 1.82) is 0 Å². The molecule has 0 radical (unpaired) electrons. The minimum atomic E-state index is 0.930. The molecule has 1 N–H and O–H groups in total. The second kappa shape index (κ2) is 5.39. The zero-order valence-electron chi connectivity index (χ0n) is 10.4. The van der Waals surface area contributed by atoms with Crippen molar-refractivity contribution < 1.29 is 0 Å². The molecular weight excluding hydrogens is 208 g/mol. The third-order valence-corrected chi connectivity index (χ3v) is 2.86. The van der Waals surface area contributed by atoms with Crippen molar-refractivity contribution >= 4 is 11.4 Å². The summed E-state index contributed by atoms with van der Waals surface area (Å²) in [5, 5.41) is 3.12. The van der Waals surface area contributed by atoms with Crippen molar-refractivity contribution in [2.75, 3.05) is 24.3 Å². The minimum absolute atomic E-state index is 0.930. The Labute approximate surface area is 103 Å². The summed E-state index contributed by atoms with van der Waals surface area (Å²) in [7, 11) is 4.05. The van der Waals surface area contributed by atoms with Gasteiger partial charge in [0, 0.05) is 32.0 Å². The molecule has 2 nitrogen and oxygen atoms in total. The SMILES string of the molecule is CNc1ccc(N(C)Cc2ccccc2)cc1. The van der Waals surface area contributed by atoms with E-state index in [4.69, 9.17) is 0 Å². The van der Waals surface area contributed by atoms with Crippen LogP contribution >= 0.6 is 0 Å². The molecule has 0 spiro atoms. The number of rotatable bonds is 4. The Kier molecular flexibility index (Phi) is 3.66. The van der Waals surface area contributed by atoms with Gasteiger partial charge >= 0.3 is 0 Å². The number of hydrogen-bond donors (Lipinski definition) is 1. The van der Waals surface area contributed by atoms with Crippen LogP contribution in [-0.4, -0.2) is 14.1 Å². The highest BCUT2D eigenvalue weighted by atomic mass is 15.1. The maximum absolute atomic E-state index is 3.12. The molecule has 88 valence electrons. The standard InChI is InChI=1S/C15H18N2/c1-16-14-8-10-15(11-9-14)17(2)12-13-6-4-3-5-7-13/h3-11,16H,12H2,1-2H3. The van der Waals surface area contributed by atoms with Crippen LogP contribution in [0.25, 0.3) is 0 Å². The Morgan fingerprint density at radius 3 is 2.18 bits per heavy atom. The molecule has 2 aromatic rings. The number of benzene rings is 2. The molecule has 0 fully saturated rings. The van der Waals surface area contributed by atoms with E-state index in [-0.39, 0.29) is 0 Å². The van der Waals surface area contributed by atoms with Gasteiger partial charge in [-0.3, -0.25) is 0 Å². The summed E-state index contributed by atoms with van der Waals surface area (Å²) in [5.41, 5.74) is 3.70. The van der Waals surface area contributed by atoms with E-state index in [0.29, 0.717) is 0 Å². The molecule has 0 unspecified atom stereocenters. The van der Waals surface area contributed by atoms with E-state index >= 15 is 0 Å². The summed E-state index contributed by atoms with van der Waals surface area (Å²) >= 11 is 0. The van der Waals surface area contributed by atoms with Crippen LogP contribution in [0.3, 0.4) is 0 Å². The fourth-order valence-corrected chi connectivity index (χ4v) is 1.83. The van der Waals surface area contributed by atoms with E-state index in [9.17, 15) is 0 Å². The molecule has 0 amide bonds. The second-order valence-corrected chi connectivity index (χ2v) is 4.14. The molecule has 2 aromatic carbocycles. The highest BCUT2D eigenvalue weighted by Gasteiger charge is 2.01. The molecule has 0 aliphatic heterocycles. The van der Waals surface area contributed by atoms with Gasteiger partial charge in [0.2, 0.25) is 0 Å². The maximum Gasteiger partial charge on any atom is 0.0426 e. The molecule has 0 saturated heterocycles. The summed E-state index contributed by atoms with van der Waals surface area (Å²) in [6.45, 7) is 0.930. The van der Waals surface area contributed by atoms with Gasteiger partial charge in [0.1, 0.15) is 0 Å². The first-order valence-corrected chi connectivity index (χ1v) is 5.82. The van der Waals surface area contributed by atoms with Crippen molar-refractivity contribution in [1.82, 2.24) is 0 Å². The quantitative estimate of drug-likeness (QED) is 0.860. The minimum Gasteiger partial charge on any atom is -0.388 e. The van der Waals surface area contributed by atoms with Crippen LogP contribution in [0.2, 0.25) is 0 Å². The largest absolute Gasteiger partial charge is 0.388 e. The molecule has 17 heavy (non-hydrogen) atoms. The molecule has 0 bridgehead atoms. The van der Waals surface area contributed by atoms with E-state index in [1.807, 2.05) is 13.1 Å². The zero-order chi connectivity index (χ0) is 12.1. The Balaban J connectivity index is 2.06. The van der Waals surface area contributed by atoms with Crippen LogP contribution in [-0.2, 0) is 6.54 Å². The zero-order valence-corrected chi connectivity index (χ0v) is 10.4. The third-order valence-electron chi connectivity index (χ3n) is 2.86. The van der Waals surface area contributed by atoms with E-state index in [1.165, 1.54) is 11.3 Å². The van der Waals surface area contributed by atoms with E-state index < -0.39 is 0 Å². The lowest BCUT2D eigenvalue weighted by atomic mass is 10.2. The molecule has 0 heterocycles. The number of anilines is 2. The average molecular weight is 226 g/mol. The molecule has 0 aromatic heterocycles. The maximum atomic E-state index is 3.12.